The fourth-order valence-electron chi connectivity index (χ4n) is 2.92. The summed E-state index contributed by atoms with van der Waals surface area (Å²) < 4.78 is 5.26. The van der Waals surface area contributed by atoms with E-state index in [9.17, 15) is 4.79 Å². The molecule has 1 aromatic heterocycles. The van der Waals surface area contributed by atoms with Crippen molar-refractivity contribution in [2.75, 3.05) is 7.05 Å². The second kappa shape index (κ2) is 8.27. The van der Waals surface area contributed by atoms with Crippen LogP contribution in [-0.4, -0.2) is 29.1 Å². The lowest BCUT2D eigenvalue weighted by molar-refractivity contribution is -0.123. The highest BCUT2D eigenvalue weighted by molar-refractivity contribution is 5.76. The molecular formula is C16H28N4O2. The third-order valence-corrected chi connectivity index (χ3v) is 4.41. The smallest absolute Gasteiger partial charge is 0.248 e. The van der Waals surface area contributed by atoms with Gasteiger partial charge in [-0.25, -0.2) is 0 Å². The van der Waals surface area contributed by atoms with Crippen molar-refractivity contribution in [2.45, 2.75) is 70.9 Å². The van der Waals surface area contributed by atoms with Crippen LogP contribution in [-0.2, 0) is 11.2 Å². The van der Waals surface area contributed by atoms with E-state index in [0.717, 1.165) is 0 Å². The Kier molecular flexibility index (Phi) is 6.36. The van der Waals surface area contributed by atoms with Crippen molar-refractivity contribution < 1.29 is 9.32 Å². The highest BCUT2D eigenvalue weighted by Crippen LogP contribution is 2.26. The molecule has 1 heterocycles. The van der Waals surface area contributed by atoms with Gasteiger partial charge in [0.1, 0.15) is 6.04 Å². The minimum absolute atomic E-state index is 0.0859. The fourth-order valence-corrected chi connectivity index (χ4v) is 2.92. The van der Waals surface area contributed by atoms with Crippen molar-refractivity contribution in [2.24, 2.45) is 5.92 Å². The van der Waals surface area contributed by atoms with E-state index in [-0.39, 0.29) is 11.9 Å². The summed E-state index contributed by atoms with van der Waals surface area (Å²) in [5, 5.41) is 10.1. The van der Waals surface area contributed by atoms with Crippen molar-refractivity contribution in [3.63, 3.8) is 0 Å². The van der Waals surface area contributed by atoms with Crippen LogP contribution >= 0.6 is 0 Å². The van der Waals surface area contributed by atoms with Gasteiger partial charge >= 0.3 is 0 Å². The molecule has 0 radical (unpaired) electrons. The number of rotatable bonds is 7. The molecule has 124 valence electrons. The van der Waals surface area contributed by atoms with Crippen LogP contribution in [0.15, 0.2) is 4.52 Å². The summed E-state index contributed by atoms with van der Waals surface area (Å²) in [5.41, 5.74) is 0. The molecule has 0 aliphatic heterocycles. The van der Waals surface area contributed by atoms with Crippen LogP contribution in [0.25, 0.3) is 0 Å². The number of carbonyl (C=O) groups is 1. The molecule has 1 aliphatic carbocycles. The number of likely N-dealkylation sites (N-methyl/N-ethyl adjacent to an activating group) is 1. The van der Waals surface area contributed by atoms with Gasteiger partial charge in [-0.05, 0) is 39.7 Å². The molecular weight excluding hydrogens is 280 g/mol. The molecule has 1 fully saturated rings. The van der Waals surface area contributed by atoms with Gasteiger partial charge in [-0.15, -0.1) is 0 Å². The number of nitrogens with one attached hydrogen (secondary N) is 2. The molecule has 6 nitrogen and oxygen atoms in total. The van der Waals surface area contributed by atoms with E-state index in [4.69, 9.17) is 4.52 Å². The SMILES string of the molecule is CNC(C)Cc1noc(C(C)NC(=O)CC2CCCCC2)n1. The third-order valence-electron chi connectivity index (χ3n) is 4.41. The molecule has 2 unspecified atom stereocenters. The first kappa shape index (κ1) is 16.9. The molecule has 1 amide bonds. The molecule has 0 bridgehead atoms. The lowest BCUT2D eigenvalue weighted by Crippen LogP contribution is -2.29. The van der Waals surface area contributed by atoms with Gasteiger partial charge in [0.25, 0.3) is 0 Å². The number of carbonyl (C=O) groups excluding carboxylic acids is 1. The molecule has 0 spiro atoms. The third kappa shape index (κ3) is 5.09. The number of hydrogen-bond donors (Lipinski definition) is 2. The highest BCUT2D eigenvalue weighted by atomic mass is 16.5. The largest absolute Gasteiger partial charge is 0.345 e. The summed E-state index contributed by atoms with van der Waals surface area (Å²) in [4.78, 5) is 16.5. The molecule has 1 aliphatic rings. The number of amides is 1. The van der Waals surface area contributed by atoms with Crippen molar-refractivity contribution >= 4 is 5.91 Å². The van der Waals surface area contributed by atoms with Gasteiger partial charge in [0, 0.05) is 18.9 Å². The van der Waals surface area contributed by atoms with Gasteiger partial charge in [-0.1, -0.05) is 24.4 Å². The molecule has 2 N–H and O–H groups in total. The zero-order valence-corrected chi connectivity index (χ0v) is 13.9. The molecule has 2 atom stereocenters. The summed E-state index contributed by atoms with van der Waals surface area (Å²) >= 11 is 0. The normalized spacial score (nSPS) is 18.9. The van der Waals surface area contributed by atoms with E-state index >= 15 is 0 Å². The van der Waals surface area contributed by atoms with E-state index in [1.807, 2.05) is 14.0 Å². The van der Waals surface area contributed by atoms with Crippen LogP contribution in [0.1, 0.15) is 70.1 Å². The minimum Gasteiger partial charge on any atom is -0.345 e. The van der Waals surface area contributed by atoms with Gasteiger partial charge in [0.2, 0.25) is 11.8 Å². The Morgan fingerprint density at radius 1 is 1.32 bits per heavy atom. The summed E-state index contributed by atoms with van der Waals surface area (Å²) in [5.74, 6) is 1.78. The highest BCUT2D eigenvalue weighted by Gasteiger charge is 2.21. The van der Waals surface area contributed by atoms with Gasteiger partial charge in [-0.3, -0.25) is 4.79 Å². The molecule has 2 rings (SSSR count). The molecule has 0 aromatic carbocycles. The topological polar surface area (TPSA) is 80.0 Å². The summed E-state index contributed by atoms with van der Waals surface area (Å²) in [6.07, 6.45) is 7.49. The second-order valence-corrected chi connectivity index (χ2v) is 6.44. The average Bonchev–Trinajstić information content (AvgIpc) is 2.96. The average molecular weight is 308 g/mol. The lowest BCUT2D eigenvalue weighted by atomic mass is 9.87. The van der Waals surface area contributed by atoms with E-state index in [2.05, 4.69) is 27.7 Å². The summed E-state index contributed by atoms with van der Waals surface area (Å²) in [7, 11) is 1.90. The Labute approximate surface area is 132 Å². The first-order chi connectivity index (χ1) is 10.6. The molecule has 1 saturated carbocycles. The fraction of sp³-hybridized carbons (Fsp3) is 0.812. The summed E-state index contributed by atoms with van der Waals surface area (Å²) in [6.45, 7) is 3.95. The zero-order valence-electron chi connectivity index (χ0n) is 13.9. The van der Waals surface area contributed by atoms with Crippen LogP contribution in [0.5, 0.6) is 0 Å². The Balaban J connectivity index is 1.80. The Morgan fingerprint density at radius 2 is 2.05 bits per heavy atom. The zero-order chi connectivity index (χ0) is 15.9. The van der Waals surface area contributed by atoms with Crippen LogP contribution in [0.3, 0.4) is 0 Å². The first-order valence-electron chi connectivity index (χ1n) is 8.37. The quantitative estimate of drug-likeness (QED) is 0.808. The minimum atomic E-state index is -0.234. The Morgan fingerprint density at radius 3 is 2.73 bits per heavy atom. The van der Waals surface area contributed by atoms with E-state index in [1.165, 1.54) is 32.1 Å². The standard InChI is InChI=1S/C16H28N4O2/c1-11(17-3)9-14-19-16(22-20-14)12(2)18-15(21)10-13-7-5-4-6-8-13/h11-13,17H,4-10H2,1-3H3,(H,18,21). The van der Waals surface area contributed by atoms with Crippen LogP contribution in [0, 0.1) is 5.92 Å². The monoisotopic (exact) mass is 308 g/mol. The predicted octanol–water partition coefficient (Wildman–Crippen LogP) is 2.37. The molecule has 22 heavy (non-hydrogen) atoms. The molecule has 6 heteroatoms. The van der Waals surface area contributed by atoms with Crippen LogP contribution in [0.4, 0.5) is 0 Å². The van der Waals surface area contributed by atoms with Crippen molar-refractivity contribution in [1.29, 1.82) is 0 Å². The maximum Gasteiger partial charge on any atom is 0.248 e. The number of nitrogens with zero attached hydrogens (tertiary/aromatic N) is 2. The lowest BCUT2D eigenvalue weighted by Gasteiger charge is -2.21. The Hall–Kier alpha value is -1.43. The van der Waals surface area contributed by atoms with Crippen LogP contribution < -0.4 is 10.6 Å². The van der Waals surface area contributed by atoms with Crippen LogP contribution in [0.2, 0.25) is 0 Å². The van der Waals surface area contributed by atoms with Gasteiger partial charge < -0.3 is 15.2 Å². The second-order valence-electron chi connectivity index (χ2n) is 6.44. The Bertz CT molecular complexity index is 468. The first-order valence-corrected chi connectivity index (χ1v) is 8.37. The van der Waals surface area contributed by atoms with Gasteiger partial charge in [-0.2, -0.15) is 4.98 Å². The molecule has 1 aromatic rings. The maximum absolute atomic E-state index is 12.1. The maximum atomic E-state index is 12.1. The number of aromatic nitrogens is 2. The van der Waals surface area contributed by atoms with Crippen molar-refractivity contribution in [3.8, 4) is 0 Å². The summed E-state index contributed by atoms with van der Waals surface area (Å²) in [6, 6.07) is 0.0591. The van der Waals surface area contributed by atoms with Gasteiger partial charge in [0.05, 0.1) is 0 Å². The van der Waals surface area contributed by atoms with E-state index in [1.54, 1.807) is 0 Å². The van der Waals surface area contributed by atoms with Gasteiger partial charge in [0.15, 0.2) is 5.82 Å². The predicted molar refractivity (Wildman–Crippen MR) is 84.3 cm³/mol. The van der Waals surface area contributed by atoms with E-state index in [0.29, 0.717) is 36.5 Å². The van der Waals surface area contributed by atoms with Crippen molar-refractivity contribution in [3.05, 3.63) is 11.7 Å². The van der Waals surface area contributed by atoms with Crippen molar-refractivity contribution in [1.82, 2.24) is 20.8 Å². The number of hydrogen-bond acceptors (Lipinski definition) is 5. The molecule has 0 saturated heterocycles. The van der Waals surface area contributed by atoms with E-state index < -0.39 is 0 Å².